The lowest BCUT2D eigenvalue weighted by atomic mass is 10.1. The van der Waals surface area contributed by atoms with Crippen LogP contribution in [0.2, 0.25) is 5.02 Å². The zero-order chi connectivity index (χ0) is 20.6. The summed E-state index contributed by atoms with van der Waals surface area (Å²) >= 11 is 5.83. The number of nitrogens with one attached hydrogen (secondary N) is 1. The number of halogens is 1. The summed E-state index contributed by atoms with van der Waals surface area (Å²) in [6.45, 7) is 0.782. The van der Waals surface area contributed by atoms with Gasteiger partial charge in [-0.2, -0.15) is 0 Å². The lowest BCUT2D eigenvalue weighted by molar-refractivity contribution is 0.157. The van der Waals surface area contributed by atoms with Crippen LogP contribution in [0.3, 0.4) is 0 Å². The summed E-state index contributed by atoms with van der Waals surface area (Å²) in [6.07, 6.45) is 0.0702. The number of rotatable bonds is 8. The first-order valence-corrected chi connectivity index (χ1v) is 9.59. The number of ether oxygens (including phenoxy) is 1. The van der Waals surface area contributed by atoms with E-state index in [0.717, 1.165) is 11.4 Å². The number of carbonyl (C=O) groups excluding carboxylic acids is 1. The number of benzene rings is 2. The molecule has 1 heterocycles. The van der Waals surface area contributed by atoms with Gasteiger partial charge in [0, 0.05) is 23.7 Å². The van der Waals surface area contributed by atoms with Gasteiger partial charge in [-0.3, -0.25) is 10.2 Å². The maximum Gasteiger partial charge on any atom is 0.411 e. The van der Waals surface area contributed by atoms with Crippen LogP contribution in [-0.4, -0.2) is 51.9 Å². The third-order valence-corrected chi connectivity index (χ3v) is 4.53. The fraction of sp³-hybridized carbons (Fsp3) is 0.300. The van der Waals surface area contributed by atoms with Gasteiger partial charge < -0.3 is 4.74 Å². The molecule has 0 bridgehead atoms. The van der Waals surface area contributed by atoms with Crippen LogP contribution in [0.1, 0.15) is 23.9 Å². The number of aromatic nitrogens is 4. The van der Waals surface area contributed by atoms with Crippen molar-refractivity contribution in [2.75, 3.05) is 26.0 Å². The number of nitrogens with zero attached hydrogens (tertiary/aromatic N) is 5. The van der Waals surface area contributed by atoms with Crippen molar-refractivity contribution >= 4 is 23.4 Å². The molecule has 3 aromatic rings. The van der Waals surface area contributed by atoms with Crippen molar-refractivity contribution in [2.24, 2.45) is 0 Å². The van der Waals surface area contributed by atoms with Crippen molar-refractivity contribution in [3.05, 3.63) is 71.0 Å². The zero-order valence-electron chi connectivity index (χ0n) is 16.3. The van der Waals surface area contributed by atoms with Crippen molar-refractivity contribution in [3.63, 3.8) is 0 Å². The SMILES string of the molecule is CN(C)C(c1ccccc1)c1nnnn1CCCOC(=O)Nc1ccc(Cl)cc1. The Kier molecular flexibility index (Phi) is 7.15. The van der Waals surface area contributed by atoms with Gasteiger partial charge >= 0.3 is 6.09 Å². The molecule has 3 rings (SSSR count). The standard InChI is InChI=1S/C20H23ClN6O2/c1-26(2)18(15-7-4-3-5-8-15)19-23-24-25-27(19)13-6-14-29-20(28)22-17-11-9-16(21)10-12-17/h3-5,7-12,18H,6,13-14H2,1-2H3,(H,22,28). The van der Waals surface area contributed by atoms with Crippen molar-refractivity contribution in [1.82, 2.24) is 25.1 Å². The molecule has 152 valence electrons. The highest BCUT2D eigenvalue weighted by atomic mass is 35.5. The number of anilines is 1. The van der Waals surface area contributed by atoms with E-state index in [1.54, 1.807) is 28.9 Å². The lowest BCUT2D eigenvalue weighted by Gasteiger charge is -2.23. The fourth-order valence-electron chi connectivity index (χ4n) is 2.95. The molecule has 0 aliphatic carbocycles. The summed E-state index contributed by atoms with van der Waals surface area (Å²) in [4.78, 5) is 14.0. The van der Waals surface area contributed by atoms with Gasteiger partial charge in [-0.25, -0.2) is 9.48 Å². The van der Waals surface area contributed by atoms with Crippen LogP contribution in [0.4, 0.5) is 10.5 Å². The number of amides is 1. The Morgan fingerprint density at radius 3 is 2.59 bits per heavy atom. The van der Waals surface area contributed by atoms with Crippen molar-refractivity contribution in [2.45, 2.75) is 19.0 Å². The molecule has 2 aromatic carbocycles. The average Bonchev–Trinajstić information content (AvgIpc) is 3.16. The second-order valence-electron chi connectivity index (χ2n) is 6.66. The highest BCUT2D eigenvalue weighted by Gasteiger charge is 2.23. The van der Waals surface area contributed by atoms with Crippen LogP contribution in [0, 0.1) is 0 Å². The molecule has 0 saturated carbocycles. The molecule has 1 atom stereocenters. The fourth-order valence-corrected chi connectivity index (χ4v) is 3.07. The molecule has 1 unspecified atom stereocenters. The van der Waals surface area contributed by atoms with Gasteiger partial charge in [0.2, 0.25) is 0 Å². The summed E-state index contributed by atoms with van der Waals surface area (Å²) in [5, 5.41) is 15.4. The molecule has 0 saturated heterocycles. The summed E-state index contributed by atoms with van der Waals surface area (Å²) in [5.74, 6) is 0.742. The van der Waals surface area contributed by atoms with E-state index in [1.165, 1.54) is 0 Å². The monoisotopic (exact) mass is 414 g/mol. The maximum atomic E-state index is 11.9. The van der Waals surface area contributed by atoms with Crippen LogP contribution in [-0.2, 0) is 11.3 Å². The van der Waals surface area contributed by atoms with Gasteiger partial charge in [-0.1, -0.05) is 41.9 Å². The minimum Gasteiger partial charge on any atom is -0.449 e. The molecule has 29 heavy (non-hydrogen) atoms. The Hall–Kier alpha value is -2.97. The van der Waals surface area contributed by atoms with Crippen LogP contribution >= 0.6 is 11.6 Å². The Balaban J connectivity index is 1.53. The minimum absolute atomic E-state index is 0.0691. The topological polar surface area (TPSA) is 85.2 Å². The van der Waals surface area contributed by atoms with Gasteiger partial charge in [0.1, 0.15) is 0 Å². The second-order valence-corrected chi connectivity index (χ2v) is 7.09. The molecule has 9 heteroatoms. The van der Waals surface area contributed by atoms with E-state index in [4.69, 9.17) is 16.3 Å². The lowest BCUT2D eigenvalue weighted by Crippen LogP contribution is -2.25. The molecule has 0 fully saturated rings. The third-order valence-electron chi connectivity index (χ3n) is 4.27. The van der Waals surface area contributed by atoms with E-state index >= 15 is 0 Å². The number of tetrazole rings is 1. The normalized spacial score (nSPS) is 12.0. The van der Waals surface area contributed by atoms with E-state index in [-0.39, 0.29) is 12.6 Å². The van der Waals surface area contributed by atoms with E-state index in [0.29, 0.717) is 23.7 Å². The van der Waals surface area contributed by atoms with Crippen LogP contribution in [0.5, 0.6) is 0 Å². The predicted molar refractivity (Wildman–Crippen MR) is 111 cm³/mol. The zero-order valence-corrected chi connectivity index (χ0v) is 17.1. The molecular formula is C20H23ClN6O2. The number of carbonyl (C=O) groups is 1. The third kappa shape index (κ3) is 5.75. The van der Waals surface area contributed by atoms with Crippen LogP contribution in [0.15, 0.2) is 54.6 Å². The average molecular weight is 415 g/mol. The first-order chi connectivity index (χ1) is 14.0. The van der Waals surface area contributed by atoms with Crippen molar-refractivity contribution in [1.29, 1.82) is 0 Å². The highest BCUT2D eigenvalue weighted by molar-refractivity contribution is 6.30. The molecular weight excluding hydrogens is 392 g/mol. The Morgan fingerprint density at radius 2 is 1.90 bits per heavy atom. The maximum absolute atomic E-state index is 11.9. The van der Waals surface area contributed by atoms with Crippen LogP contribution in [0.25, 0.3) is 0 Å². The molecule has 0 aliphatic rings. The van der Waals surface area contributed by atoms with Gasteiger partial charge in [0.15, 0.2) is 5.82 Å². The minimum atomic E-state index is -0.514. The van der Waals surface area contributed by atoms with E-state index in [2.05, 4.69) is 25.7 Å². The van der Waals surface area contributed by atoms with Crippen molar-refractivity contribution < 1.29 is 9.53 Å². The molecule has 1 amide bonds. The van der Waals surface area contributed by atoms with Crippen LogP contribution < -0.4 is 5.32 Å². The van der Waals surface area contributed by atoms with Gasteiger partial charge in [-0.05, 0) is 54.4 Å². The molecule has 1 aromatic heterocycles. The van der Waals surface area contributed by atoms with Crippen molar-refractivity contribution in [3.8, 4) is 0 Å². The Labute approximate surface area is 174 Å². The quantitative estimate of drug-likeness (QED) is 0.566. The van der Waals surface area contributed by atoms with Gasteiger partial charge in [0.05, 0.1) is 12.6 Å². The second kappa shape index (κ2) is 9.99. The summed E-state index contributed by atoms with van der Waals surface area (Å²) in [5.41, 5.74) is 1.73. The Bertz CT molecular complexity index is 914. The Morgan fingerprint density at radius 1 is 1.17 bits per heavy atom. The molecule has 1 N–H and O–H groups in total. The largest absolute Gasteiger partial charge is 0.449 e. The molecule has 0 radical (unpaired) electrons. The molecule has 8 nitrogen and oxygen atoms in total. The number of hydrogen-bond donors (Lipinski definition) is 1. The first kappa shape index (κ1) is 20.8. The van der Waals surface area contributed by atoms with E-state index < -0.39 is 6.09 Å². The van der Waals surface area contributed by atoms with Gasteiger partial charge in [0.25, 0.3) is 0 Å². The summed E-state index contributed by atoms with van der Waals surface area (Å²) in [7, 11) is 3.97. The number of hydrogen-bond acceptors (Lipinski definition) is 6. The molecule has 0 spiro atoms. The highest BCUT2D eigenvalue weighted by Crippen LogP contribution is 2.24. The summed E-state index contributed by atoms with van der Waals surface area (Å²) in [6, 6.07) is 16.8. The summed E-state index contributed by atoms with van der Waals surface area (Å²) < 4.78 is 6.98. The predicted octanol–water partition coefficient (Wildman–Crippen LogP) is 3.62. The van der Waals surface area contributed by atoms with E-state index in [1.807, 2.05) is 44.4 Å². The first-order valence-electron chi connectivity index (χ1n) is 9.21. The molecule has 0 aliphatic heterocycles. The van der Waals surface area contributed by atoms with E-state index in [9.17, 15) is 4.79 Å². The van der Waals surface area contributed by atoms with Gasteiger partial charge in [-0.15, -0.1) is 5.10 Å². The number of aryl methyl sites for hydroxylation is 1. The smallest absolute Gasteiger partial charge is 0.411 e.